The van der Waals surface area contributed by atoms with Crippen LogP contribution >= 0.6 is 0 Å². The molecule has 7 nitrogen and oxygen atoms in total. The van der Waals surface area contributed by atoms with E-state index in [0.717, 1.165) is 26.2 Å². The highest BCUT2D eigenvalue weighted by molar-refractivity contribution is 5.79. The maximum absolute atomic E-state index is 11.6. The van der Waals surface area contributed by atoms with Crippen molar-refractivity contribution < 1.29 is 24.5 Å². The van der Waals surface area contributed by atoms with Gasteiger partial charge in [-0.3, -0.25) is 0 Å². The highest BCUT2D eigenvalue weighted by Gasteiger charge is 2.41. The number of ether oxygens (including phenoxy) is 1. The summed E-state index contributed by atoms with van der Waals surface area (Å²) in [7, 11) is 0. The van der Waals surface area contributed by atoms with Crippen molar-refractivity contribution in [1.29, 1.82) is 0 Å². The van der Waals surface area contributed by atoms with Crippen LogP contribution < -0.4 is 10.6 Å². The minimum Gasteiger partial charge on any atom is -0.479 e. The van der Waals surface area contributed by atoms with E-state index in [0.29, 0.717) is 0 Å². The molecule has 2 amide bonds. The van der Waals surface area contributed by atoms with Crippen LogP contribution in [0, 0.1) is 0 Å². The van der Waals surface area contributed by atoms with E-state index in [4.69, 9.17) is 9.84 Å². The summed E-state index contributed by atoms with van der Waals surface area (Å²) in [5, 5.41) is 23.2. The van der Waals surface area contributed by atoms with Crippen LogP contribution in [-0.2, 0) is 9.53 Å². The molecular formula is C11H18N2O5. The van der Waals surface area contributed by atoms with E-state index in [1.165, 1.54) is 0 Å². The minimum atomic E-state index is -1.96. The van der Waals surface area contributed by atoms with Gasteiger partial charge in [0.15, 0.2) is 5.60 Å². The zero-order valence-electron chi connectivity index (χ0n) is 10.2. The van der Waals surface area contributed by atoms with Gasteiger partial charge in [-0.2, -0.15) is 0 Å². The zero-order chi connectivity index (χ0) is 13.3. The van der Waals surface area contributed by atoms with Crippen molar-refractivity contribution in [3.8, 4) is 0 Å². The summed E-state index contributed by atoms with van der Waals surface area (Å²) < 4.78 is 5.58. The largest absolute Gasteiger partial charge is 0.479 e. The fourth-order valence-corrected chi connectivity index (χ4v) is 2.34. The third kappa shape index (κ3) is 2.73. The molecule has 2 rings (SSSR count). The Morgan fingerprint density at radius 1 is 1.44 bits per heavy atom. The first kappa shape index (κ1) is 13.1. The van der Waals surface area contributed by atoms with Crippen molar-refractivity contribution in [2.24, 2.45) is 0 Å². The lowest BCUT2D eigenvalue weighted by atomic mass is 9.96. The molecule has 18 heavy (non-hydrogen) atoms. The lowest BCUT2D eigenvalue weighted by molar-refractivity contribution is -0.155. The SMILES string of the molecule is CC(O)(CNC(=O)NC1CC2CCC1O2)C(=O)O. The quantitative estimate of drug-likeness (QED) is 0.540. The van der Waals surface area contributed by atoms with E-state index in [2.05, 4.69) is 10.6 Å². The average Bonchev–Trinajstić information content (AvgIpc) is 2.88. The maximum Gasteiger partial charge on any atom is 0.337 e. The monoisotopic (exact) mass is 258 g/mol. The summed E-state index contributed by atoms with van der Waals surface area (Å²) in [6.07, 6.45) is 3.09. The molecule has 4 unspecified atom stereocenters. The van der Waals surface area contributed by atoms with Crippen LogP contribution in [0.4, 0.5) is 4.79 Å². The van der Waals surface area contributed by atoms with Crippen LogP contribution in [0.5, 0.6) is 0 Å². The maximum atomic E-state index is 11.6. The number of rotatable bonds is 4. The third-order valence-electron chi connectivity index (χ3n) is 3.48. The predicted octanol–water partition coefficient (Wildman–Crippen LogP) is -0.559. The van der Waals surface area contributed by atoms with Gasteiger partial charge in [-0.25, -0.2) is 9.59 Å². The molecule has 0 aliphatic carbocycles. The van der Waals surface area contributed by atoms with E-state index >= 15 is 0 Å². The number of urea groups is 1. The molecule has 0 aromatic carbocycles. The lowest BCUT2D eigenvalue weighted by Crippen LogP contribution is -2.52. The number of carbonyl (C=O) groups excluding carboxylic acids is 1. The number of fused-ring (bicyclic) bond motifs is 2. The first-order valence-corrected chi connectivity index (χ1v) is 6.04. The normalized spacial score (nSPS) is 32.9. The van der Waals surface area contributed by atoms with Gasteiger partial charge in [-0.15, -0.1) is 0 Å². The molecule has 102 valence electrons. The number of hydrogen-bond donors (Lipinski definition) is 4. The molecule has 2 aliphatic rings. The molecule has 7 heteroatoms. The second kappa shape index (κ2) is 4.74. The van der Waals surface area contributed by atoms with Gasteiger partial charge in [0.1, 0.15) is 0 Å². The van der Waals surface area contributed by atoms with Gasteiger partial charge in [0, 0.05) is 0 Å². The van der Waals surface area contributed by atoms with E-state index in [1.54, 1.807) is 0 Å². The molecular weight excluding hydrogens is 240 g/mol. The molecule has 0 aromatic heterocycles. The Hall–Kier alpha value is -1.34. The summed E-state index contributed by atoms with van der Waals surface area (Å²) in [6.45, 7) is 0.798. The number of carboxylic acids is 1. The fourth-order valence-electron chi connectivity index (χ4n) is 2.34. The Balaban J connectivity index is 1.74. The molecule has 4 atom stereocenters. The van der Waals surface area contributed by atoms with Crippen LogP contribution in [0.1, 0.15) is 26.2 Å². The van der Waals surface area contributed by atoms with Crippen LogP contribution in [0.2, 0.25) is 0 Å². The molecule has 2 saturated heterocycles. The van der Waals surface area contributed by atoms with Crippen molar-refractivity contribution >= 4 is 12.0 Å². The number of nitrogens with one attached hydrogen (secondary N) is 2. The molecule has 0 radical (unpaired) electrons. The van der Waals surface area contributed by atoms with Gasteiger partial charge in [0.05, 0.1) is 24.8 Å². The van der Waals surface area contributed by atoms with E-state index in [1.807, 2.05) is 0 Å². The fraction of sp³-hybridized carbons (Fsp3) is 0.818. The number of carboxylic acid groups (broad SMARTS) is 1. The van der Waals surface area contributed by atoms with Crippen molar-refractivity contribution in [2.75, 3.05) is 6.54 Å². The Kier molecular flexibility index (Phi) is 3.45. The second-order valence-electron chi connectivity index (χ2n) is 5.12. The van der Waals surface area contributed by atoms with Gasteiger partial charge in [0.2, 0.25) is 0 Å². The first-order valence-electron chi connectivity index (χ1n) is 6.04. The summed E-state index contributed by atoms with van der Waals surface area (Å²) >= 11 is 0. The highest BCUT2D eigenvalue weighted by atomic mass is 16.5. The molecule has 0 saturated carbocycles. The third-order valence-corrected chi connectivity index (χ3v) is 3.48. The van der Waals surface area contributed by atoms with Crippen molar-refractivity contribution in [3.63, 3.8) is 0 Å². The van der Waals surface area contributed by atoms with Crippen LogP contribution in [-0.4, -0.2) is 52.6 Å². The predicted molar refractivity (Wildman–Crippen MR) is 61.1 cm³/mol. The Morgan fingerprint density at radius 3 is 2.67 bits per heavy atom. The van der Waals surface area contributed by atoms with E-state index < -0.39 is 17.6 Å². The van der Waals surface area contributed by atoms with Crippen LogP contribution in [0.3, 0.4) is 0 Å². The summed E-state index contributed by atoms with van der Waals surface area (Å²) in [5.41, 5.74) is -1.96. The number of hydrogen-bond acceptors (Lipinski definition) is 4. The Bertz CT molecular complexity index is 357. The van der Waals surface area contributed by atoms with Crippen molar-refractivity contribution in [2.45, 2.75) is 50.0 Å². The van der Waals surface area contributed by atoms with Gasteiger partial charge in [-0.05, 0) is 26.2 Å². The van der Waals surface area contributed by atoms with Crippen LogP contribution in [0.15, 0.2) is 0 Å². The molecule has 0 aromatic rings. The highest BCUT2D eigenvalue weighted by Crippen LogP contribution is 2.34. The van der Waals surface area contributed by atoms with Crippen molar-refractivity contribution in [1.82, 2.24) is 10.6 Å². The summed E-state index contributed by atoms with van der Waals surface area (Å²) in [5.74, 6) is -1.37. The number of aliphatic hydroxyl groups is 1. The molecule has 2 heterocycles. The zero-order valence-corrected chi connectivity index (χ0v) is 10.2. The molecule has 2 aliphatic heterocycles. The molecule has 2 fully saturated rings. The Morgan fingerprint density at radius 2 is 2.17 bits per heavy atom. The smallest absolute Gasteiger partial charge is 0.337 e. The summed E-state index contributed by atoms with van der Waals surface area (Å²) in [6, 6.07) is -0.490. The Labute approximate surface area is 105 Å². The molecule has 2 bridgehead atoms. The lowest BCUT2D eigenvalue weighted by Gasteiger charge is -2.22. The minimum absolute atomic E-state index is 0.0153. The standard InChI is InChI=1S/C11H18N2O5/c1-11(17,9(14)15)5-12-10(16)13-7-4-6-2-3-8(7)18-6/h6-8,17H,2-5H2,1H3,(H,14,15)(H2,12,13,16). The number of amides is 2. The first-order chi connectivity index (χ1) is 8.38. The van der Waals surface area contributed by atoms with E-state index in [9.17, 15) is 14.7 Å². The summed E-state index contributed by atoms with van der Waals surface area (Å²) in [4.78, 5) is 22.2. The second-order valence-corrected chi connectivity index (χ2v) is 5.12. The molecule has 0 spiro atoms. The number of aliphatic carboxylic acids is 1. The van der Waals surface area contributed by atoms with Crippen molar-refractivity contribution in [3.05, 3.63) is 0 Å². The van der Waals surface area contributed by atoms with Gasteiger partial charge in [-0.1, -0.05) is 0 Å². The van der Waals surface area contributed by atoms with Gasteiger partial charge in [0.25, 0.3) is 0 Å². The molecule has 4 N–H and O–H groups in total. The van der Waals surface area contributed by atoms with Gasteiger partial charge < -0.3 is 25.6 Å². The topological polar surface area (TPSA) is 108 Å². The number of carbonyl (C=O) groups is 2. The van der Waals surface area contributed by atoms with Gasteiger partial charge >= 0.3 is 12.0 Å². The van der Waals surface area contributed by atoms with Crippen LogP contribution in [0.25, 0.3) is 0 Å². The van der Waals surface area contributed by atoms with E-state index in [-0.39, 0.29) is 24.8 Å². The average molecular weight is 258 g/mol.